The Morgan fingerprint density at radius 1 is 0.886 bits per heavy atom. The number of anilines is 1. The summed E-state index contributed by atoms with van der Waals surface area (Å²) in [5.41, 5.74) is 9.23. The standard InChI is InChI=1S/C28H37BClNO3Si/c1-26(2,3)35(8,9)32-25-21-13-11-10-12-20(21)24(31)22(18-14-16-19(30)17-15-18)23(25)29-33-27(4,5)28(6,7)34-29/h10-17H,31H2,1-9H3. The third-order valence-corrected chi connectivity index (χ3v) is 12.6. The smallest absolute Gasteiger partial charge is 0.499 e. The molecule has 3 aromatic carbocycles. The molecule has 0 aromatic heterocycles. The van der Waals surface area contributed by atoms with Crippen molar-refractivity contribution in [2.24, 2.45) is 0 Å². The van der Waals surface area contributed by atoms with Gasteiger partial charge in [0.2, 0.25) is 8.32 Å². The summed E-state index contributed by atoms with van der Waals surface area (Å²) in [6, 6.07) is 15.9. The van der Waals surface area contributed by atoms with Crippen LogP contribution in [0.5, 0.6) is 5.75 Å². The molecule has 3 aromatic rings. The largest absolute Gasteiger partial charge is 0.543 e. The molecule has 0 amide bonds. The minimum atomic E-state index is -2.24. The molecule has 1 saturated heterocycles. The van der Waals surface area contributed by atoms with E-state index in [2.05, 4.69) is 73.7 Å². The minimum Gasteiger partial charge on any atom is -0.543 e. The number of rotatable bonds is 4. The number of halogens is 1. The van der Waals surface area contributed by atoms with Gasteiger partial charge in [0.25, 0.3) is 0 Å². The number of nitrogen functional groups attached to an aromatic ring is 1. The van der Waals surface area contributed by atoms with Crippen molar-refractivity contribution in [3.63, 3.8) is 0 Å². The van der Waals surface area contributed by atoms with Crippen molar-refractivity contribution < 1.29 is 13.7 Å². The topological polar surface area (TPSA) is 53.7 Å². The van der Waals surface area contributed by atoms with Gasteiger partial charge in [0.1, 0.15) is 5.75 Å². The summed E-state index contributed by atoms with van der Waals surface area (Å²) in [5.74, 6) is 0.796. The van der Waals surface area contributed by atoms with Crippen molar-refractivity contribution >= 4 is 49.0 Å². The van der Waals surface area contributed by atoms with Gasteiger partial charge in [0, 0.05) is 32.5 Å². The Hall–Kier alpha value is -1.99. The van der Waals surface area contributed by atoms with E-state index in [1.165, 1.54) is 0 Å². The van der Waals surface area contributed by atoms with Gasteiger partial charge in [-0.25, -0.2) is 0 Å². The van der Waals surface area contributed by atoms with Gasteiger partial charge in [0.05, 0.1) is 11.2 Å². The van der Waals surface area contributed by atoms with Crippen molar-refractivity contribution in [2.45, 2.75) is 77.8 Å². The molecule has 0 atom stereocenters. The van der Waals surface area contributed by atoms with Crippen molar-refractivity contribution in [3.8, 4) is 16.9 Å². The van der Waals surface area contributed by atoms with E-state index >= 15 is 0 Å². The summed E-state index contributed by atoms with van der Waals surface area (Å²) < 4.78 is 20.3. The van der Waals surface area contributed by atoms with Crippen LogP contribution in [0.2, 0.25) is 23.2 Å². The number of benzene rings is 3. The van der Waals surface area contributed by atoms with Gasteiger partial charge in [-0.3, -0.25) is 0 Å². The van der Waals surface area contributed by atoms with Gasteiger partial charge in [-0.15, -0.1) is 0 Å². The third kappa shape index (κ3) is 4.50. The molecule has 1 aliphatic heterocycles. The Labute approximate surface area is 216 Å². The van der Waals surface area contributed by atoms with Crippen molar-refractivity contribution in [1.82, 2.24) is 0 Å². The number of hydrogen-bond donors (Lipinski definition) is 1. The van der Waals surface area contributed by atoms with Crippen LogP contribution in [0, 0.1) is 0 Å². The molecular weight excluding hydrogens is 473 g/mol. The monoisotopic (exact) mass is 509 g/mol. The normalized spacial score (nSPS) is 17.7. The van der Waals surface area contributed by atoms with Crippen LogP contribution in [0.25, 0.3) is 21.9 Å². The molecule has 4 rings (SSSR count). The fourth-order valence-electron chi connectivity index (χ4n) is 4.09. The zero-order valence-corrected chi connectivity index (χ0v) is 24.1. The fourth-order valence-corrected chi connectivity index (χ4v) is 5.25. The molecule has 0 aliphatic carbocycles. The lowest BCUT2D eigenvalue weighted by Crippen LogP contribution is -2.47. The molecule has 1 fully saturated rings. The van der Waals surface area contributed by atoms with E-state index in [-0.39, 0.29) is 5.04 Å². The van der Waals surface area contributed by atoms with E-state index in [4.69, 9.17) is 31.1 Å². The summed E-state index contributed by atoms with van der Waals surface area (Å²) in [6.45, 7) is 19.5. The van der Waals surface area contributed by atoms with E-state index in [1.54, 1.807) is 0 Å². The molecule has 4 nitrogen and oxygen atoms in total. The average Bonchev–Trinajstić information content (AvgIpc) is 2.96. The molecule has 0 saturated carbocycles. The van der Waals surface area contributed by atoms with E-state index in [0.29, 0.717) is 10.7 Å². The highest BCUT2D eigenvalue weighted by Crippen LogP contribution is 2.45. The van der Waals surface area contributed by atoms with Crippen LogP contribution in [-0.4, -0.2) is 26.6 Å². The Kier molecular flexibility index (Phi) is 6.37. The van der Waals surface area contributed by atoms with Crippen LogP contribution in [0.1, 0.15) is 48.5 Å². The van der Waals surface area contributed by atoms with E-state index in [9.17, 15) is 0 Å². The van der Waals surface area contributed by atoms with Gasteiger partial charge in [-0.1, -0.05) is 68.8 Å². The maximum Gasteiger partial charge on any atom is 0.499 e. The predicted molar refractivity (Wildman–Crippen MR) is 152 cm³/mol. The summed E-state index contributed by atoms with van der Waals surface area (Å²) in [5, 5.41) is 2.59. The average molecular weight is 510 g/mol. The molecule has 1 heterocycles. The van der Waals surface area contributed by atoms with Gasteiger partial charge in [-0.2, -0.15) is 0 Å². The molecule has 0 unspecified atom stereocenters. The SMILES string of the molecule is CC1(C)OB(c2c(-c3ccc(Cl)cc3)c(N)c3ccccc3c2O[Si](C)(C)C(C)(C)C)OC1(C)C. The number of hydrogen-bond acceptors (Lipinski definition) is 4. The quantitative estimate of drug-likeness (QED) is 0.293. The summed E-state index contributed by atoms with van der Waals surface area (Å²) in [6.07, 6.45) is 0. The second kappa shape index (κ2) is 8.55. The Morgan fingerprint density at radius 3 is 1.91 bits per heavy atom. The molecule has 0 spiro atoms. The molecule has 186 valence electrons. The molecule has 7 heteroatoms. The number of fused-ring (bicyclic) bond motifs is 1. The highest BCUT2D eigenvalue weighted by Gasteiger charge is 2.54. The van der Waals surface area contributed by atoms with E-state index in [1.807, 2.05) is 36.4 Å². The van der Waals surface area contributed by atoms with Crippen LogP contribution >= 0.6 is 11.6 Å². The Morgan fingerprint density at radius 2 is 1.40 bits per heavy atom. The zero-order chi connectivity index (χ0) is 26.0. The van der Waals surface area contributed by atoms with Gasteiger partial charge >= 0.3 is 7.12 Å². The zero-order valence-electron chi connectivity index (χ0n) is 22.4. The highest BCUT2D eigenvalue weighted by atomic mass is 35.5. The molecule has 0 radical (unpaired) electrons. The lowest BCUT2D eigenvalue weighted by molar-refractivity contribution is 0.00578. The van der Waals surface area contributed by atoms with Crippen LogP contribution in [0.15, 0.2) is 48.5 Å². The highest BCUT2D eigenvalue weighted by molar-refractivity contribution is 6.75. The first-order valence-corrected chi connectivity index (χ1v) is 15.5. The van der Waals surface area contributed by atoms with E-state index in [0.717, 1.165) is 33.1 Å². The second-order valence-electron chi connectivity index (χ2n) is 12.0. The predicted octanol–water partition coefficient (Wildman–Crippen LogP) is 7.43. The minimum absolute atomic E-state index is 0.00310. The first-order valence-electron chi connectivity index (χ1n) is 12.2. The van der Waals surface area contributed by atoms with Crippen LogP contribution in [0.3, 0.4) is 0 Å². The molecule has 0 bridgehead atoms. The summed E-state index contributed by atoms with van der Waals surface area (Å²) >= 11 is 6.24. The Balaban J connectivity index is 2.10. The first-order chi connectivity index (χ1) is 16.1. The van der Waals surface area contributed by atoms with Crippen LogP contribution < -0.4 is 15.6 Å². The van der Waals surface area contributed by atoms with Gasteiger partial charge in [-0.05, 0) is 63.5 Å². The maximum absolute atomic E-state index is 7.10. The molecular formula is C28H37BClNO3Si. The third-order valence-electron chi connectivity index (χ3n) is 8.03. The second-order valence-corrected chi connectivity index (χ2v) is 17.2. The molecule has 35 heavy (non-hydrogen) atoms. The lowest BCUT2D eigenvalue weighted by atomic mass is 9.72. The fraction of sp³-hybridized carbons (Fsp3) is 0.429. The van der Waals surface area contributed by atoms with Crippen LogP contribution in [-0.2, 0) is 9.31 Å². The van der Waals surface area contributed by atoms with Crippen molar-refractivity contribution in [3.05, 3.63) is 53.6 Å². The first kappa shape index (κ1) is 26.1. The maximum atomic E-state index is 7.10. The molecule has 2 N–H and O–H groups in total. The summed E-state index contributed by atoms with van der Waals surface area (Å²) in [4.78, 5) is 0. The summed E-state index contributed by atoms with van der Waals surface area (Å²) in [7, 11) is -2.88. The van der Waals surface area contributed by atoms with Gasteiger partial charge in [0.15, 0.2) is 0 Å². The lowest BCUT2D eigenvalue weighted by Gasteiger charge is -2.38. The van der Waals surface area contributed by atoms with E-state index < -0.39 is 26.6 Å². The Bertz CT molecular complexity index is 1250. The van der Waals surface area contributed by atoms with Crippen molar-refractivity contribution in [2.75, 3.05) is 5.73 Å². The number of nitrogens with two attached hydrogens (primary N) is 1. The van der Waals surface area contributed by atoms with Crippen molar-refractivity contribution in [1.29, 1.82) is 0 Å². The van der Waals surface area contributed by atoms with Gasteiger partial charge < -0.3 is 19.5 Å². The molecule has 1 aliphatic rings. The van der Waals surface area contributed by atoms with Crippen LogP contribution in [0.4, 0.5) is 5.69 Å².